The van der Waals surface area contributed by atoms with Crippen molar-refractivity contribution >= 4 is 21.8 Å². The summed E-state index contributed by atoms with van der Waals surface area (Å²) in [5, 5.41) is 13.8. The average molecular weight is 283 g/mol. The van der Waals surface area contributed by atoms with Gasteiger partial charge >= 0.3 is 0 Å². The molecule has 1 aromatic carbocycles. The molecule has 0 aliphatic heterocycles. The summed E-state index contributed by atoms with van der Waals surface area (Å²) in [4.78, 5) is 0. The van der Waals surface area contributed by atoms with E-state index in [0.29, 0.717) is 15.7 Å². The number of phenolic OH excluding ortho intramolecular Hbond substituents is 1. The molecule has 1 aromatic heterocycles. The van der Waals surface area contributed by atoms with Gasteiger partial charge in [0.1, 0.15) is 11.4 Å². The van der Waals surface area contributed by atoms with Crippen LogP contribution in [0.1, 0.15) is 11.1 Å². The van der Waals surface area contributed by atoms with Crippen molar-refractivity contribution in [3.8, 4) is 17.0 Å². The maximum absolute atomic E-state index is 10.00. The van der Waals surface area contributed by atoms with Gasteiger partial charge in [-0.1, -0.05) is 5.16 Å². The van der Waals surface area contributed by atoms with Crippen LogP contribution in [0.15, 0.2) is 21.1 Å². The lowest BCUT2D eigenvalue weighted by atomic mass is 10.00. The number of benzene rings is 1. The molecule has 3 N–H and O–H groups in total. The molecule has 1 heterocycles. The second-order valence-corrected chi connectivity index (χ2v) is 4.49. The molecule has 0 fully saturated rings. The maximum Gasteiger partial charge on any atom is 0.222 e. The van der Waals surface area contributed by atoms with Crippen molar-refractivity contribution in [3.05, 3.63) is 27.7 Å². The fourth-order valence-electron chi connectivity index (χ4n) is 1.58. The van der Waals surface area contributed by atoms with E-state index in [0.717, 1.165) is 11.1 Å². The number of phenols is 1. The smallest absolute Gasteiger partial charge is 0.222 e. The Bertz CT molecular complexity index is 523. The third-order valence-corrected chi connectivity index (χ3v) is 3.16. The summed E-state index contributed by atoms with van der Waals surface area (Å²) in [6.45, 7) is 3.88. The van der Waals surface area contributed by atoms with Crippen LogP contribution in [0.5, 0.6) is 5.75 Å². The number of nitrogens with zero attached hydrogens (tertiary/aromatic N) is 1. The standard InChI is InChI=1S/C11H11BrN2O2/c1-5-3-7(12)11(15)10(6(5)2)8-4-9(13)16-14-8/h3-4,15H,13H2,1-2H3. The van der Waals surface area contributed by atoms with E-state index in [1.807, 2.05) is 19.9 Å². The highest BCUT2D eigenvalue weighted by Gasteiger charge is 2.16. The highest BCUT2D eigenvalue weighted by atomic mass is 79.9. The van der Waals surface area contributed by atoms with Gasteiger partial charge in [0, 0.05) is 11.6 Å². The molecule has 2 aromatic rings. The van der Waals surface area contributed by atoms with Gasteiger partial charge in [-0.2, -0.15) is 0 Å². The van der Waals surface area contributed by atoms with Crippen LogP contribution in [0.4, 0.5) is 5.88 Å². The molecule has 0 saturated carbocycles. The number of aromatic nitrogens is 1. The maximum atomic E-state index is 10.00. The molecule has 0 radical (unpaired) electrons. The van der Waals surface area contributed by atoms with E-state index in [1.165, 1.54) is 0 Å². The van der Waals surface area contributed by atoms with Gasteiger partial charge in [0.05, 0.1) is 4.47 Å². The average Bonchev–Trinajstić information content (AvgIpc) is 2.62. The molecule has 16 heavy (non-hydrogen) atoms. The third-order valence-electron chi connectivity index (χ3n) is 2.56. The SMILES string of the molecule is Cc1cc(Br)c(O)c(-c2cc(N)on2)c1C. The minimum atomic E-state index is 0.149. The van der Waals surface area contributed by atoms with Crippen LogP contribution in [0.3, 0.4) is 0 Å². The van der Waals surface area contributed by atoms with E-state index in [1.54, 1.807) is 6.07 Å². The number of aryl methyl sites for hydroxylation is 1. The van der Waals surface area contributed by atoms with Gasteiger partial charge in [-0.25, -0.2) is 0 Å². The first-order valence-electron chi connectivity index (χ1n) is 4.72. The Kier molecular flexibility index (Phi) is 2.63. The van der Waals surface area contributed by atoms with Crippen LogP contribution in [-0.2, 0) is 0 Å². The Morgan fingerprint density at radius 2 is 2.06 bits per heavy atom. The van der Waals surface area contributed by atoms with Gasteiger partial charge in [-0.3, -0.25) is 0 Å². The molecule has 0 saturated heterocycles. The lowest BCUT2D eigenvalue weighted by Gasteiger charge is -2.10. The van der Waals surface area contributed by atoms with Gasteiger partial charge in [0.25, 0.3) is 0 Å². The van der Waals surface area contributed by atoms with Crippen molar-refractivity contribution in [2.75, 3.05) is 5.73 Å². The number of anilines is 1. The quantitative estimate of drug-likeness (QED) is 0.843. The lowest BCUT2D eigenvalue weighted by molar-refractivity contribution is 0.437. The van der Waals surface area contributed by atoms with Gasteiger partial charge in [0.2, 0.25) is 5.88 Å². The molecule has 0 bridgehead atoms. The summed E-state index contributed by atoms with van der Waals surface area (Å²) >= 11 is 3.30. The van der Waals surface area contributed by atoms with Gasteiger partial charge in [0.15, 0.2) is 0 Å². The second kappa shape index (κ2) is 3.83. The fraction of sp³-hybridized carbons (Fsp3) is 0.182. The number of hydrogen-bond donors (Lipinski definition) is 2. The van der Waals surface area contributed by atoms with E-state index in [4.69, 9.17) is 10.3 Å². The lowest BCUT2D eigenvalue weighted by Crippen LogP contribution is -1.90. The van der Waals surface area contributed by atoms with Crippen LogP contribution >= 0.6 is 15.9 Å². The highest BCUT2D eigenvalue weighted by Crippen LogP contribution is 2.39. The van der Waals surface area contributed by atoms with Crippen LogP contribution < -0.4 is 5.73 Å². The molecule has 0 atom stereocenters. The van der Waals surface area contributed by atoms with E-state index < -0.39 is 0 Å². The molecule has 0 spiro atoms. The first kappa shape index (κ1) is 11.0. The molecule has 0 unspecified atom stereocenters. The van der Waals surface area contributed by atoms with Gasteiger partial charge in [-0.05, 0) is 47.0 Å². The molecule has 0 amide bonds. The highest BCUT2D eigenvalue weighted by molar-refractivity contribution is 9.10. The van der Waals surface area contributed by atoms with E-state index in [9.17, 15) is 5.11 Å². The molecular weight excluding hydrogens is 272 g/mol. The Labute approximate surface area is 101 Å². The number of hydrogen-bond acceptors (Lipinski definition) is 4. The van der Waals surface area contributed by atoms with Crippen LogP contribution in [0.2, 0.25) is 0 Å². The molecular formula is C11H11BrN2O2. The first-order chi connectivity index (χ1) is 7.50. The van der Waals surface area contributed by atoms with Crippen molar-refractivity contribution in [2.45, 2.75) is 13.8 Å². The van der Waals surface area contributed by atoms with Gasteiger partial charge in [-0.15, -0.1) is 0 Å². The Morgan fingerprint density at radius 3 is 2.62 bits per heavy atom. The molecule has 4 nitrogen and oxygen atoms in total. The van der Waals surface area contributed by atoms with Gasteiger partial charge < -0.3 is 15.4 Å². The minimum absolute atomic E-state index is 0.149. The van der Waals surface area contributed by atoms with E-state index in [2.05, 4.69) is 21.1 Å². The molecule has 5 heteroatoms. The molecule has 2 rings (SSSR count). The Balaban J connectivity index is 2.73. The zero-order chi connectivity index (χ0) is 11.9. The number of rotatable bonds is 1. The Morgan fingerprint density at radius 1 is 1.38 bits per heavy atom. The zero-order valence-corrected chi connectivity index (χ0v) is 10.5. The van der Waals surface area contributed by atoms with Crippen LogP contribution in [0, 0.1) is 13.8 Å². The van der Waals surface area contributed by atoms with E-state index >= 15 is 0 Å². The van der Waals surface area contributed by atoms with Crippen molar-refractivity contribution in [2.24, 2.45) is 0 Å². The monoisotopic (exact) mass is 282 g/mol. The molecule has 0 aliphatic carbocycles. The predicted molar refractivity (Wildman–Crippen MR) is 65.2 cm³/mol. The third kappa shape index (κ3) is 1.67. The summed E-state index contributed by atoms with van der Waals surface area (Å²) in [5.74, 6) is 0.378. The van der Waals surface area contributed by atoms with E-state index in [-0.39, 0.29) is 11.6 Å². The fourth-order valence-corrected chi connectivity index (χ4v) is 2.12. The summed E-state index contributed by atoms with van der Waals surface area (Å²) in [6, 6.07) is 3.45. The first-order valence-corrected chi connectivity index (χ1v) is 5.51. The van der Waals surface area contributed by atoms with Crippen molar-refractivity contribution in [3.63, 3.8) is 0 Å². The van der Waals surface area contributed by atoms with Crippen molar-refractivity contribution in [1.82, 2.24) is 5.16 Å². The molecule has 0 aliphatic rings. The summed E-state index contributed by atoms with van der Waals surface area (Å²) in [7, 11) is 0. The van der Waals surface area contributed by atoms with Crippen molar-refractivity contribution < 1.29 is 9.63 Å². The number of nitrogen functional groups attached to an aromatic ring is 1. The summed E-state index contributed by atoms with van der Waals surface area (Å²) in [6.07, 6.45) is 0. The number of halogens is 1. The Hall–Kier alpha value is -1.49. The van der Waals surface area contributed by atoms with Crippen LogP contribution in [-0.4, -0.2) is 10.3 Å². The topological polar surface area (TPSA) is 72.3 Å². The summed E-state index contributed by atoms with van der Waals surface area (Å²) < 4.78 is 5.44. The summed E-state index contributed by atoms with van der Waals surface area (Å²) in [5.41, 5.74) is 8.66. The normalized spacial score (nSPS) is 10.7. The largest absolute Gasteiger partial charge is 0.506 e. The second-order valence-electron chi connectivity index (χ2n) is 3.64. The predicted octanol–water partition coefficient (Wildman–Crippen LogP) is 3.01. The van der Waals surface area contributed by atoms with Crippen LogP contribution in [0.25, 0.3) is 11.3 Å². The number of aromatic hydroxyl groups is 1. The zero-order valence-electron chi connectivity index (χ0n) is 8.91. The number of nitrogens with two attached hydrogens (primary N) is 1. The minimum Gasteiger partial charge on any atom is -0.506 e. The molecule has 84 valence electrons. The van der Waals surface area contributed by atoms with Crippen molar-refractivity contribution in [1.29, 1.82) is 0 Å².